The summed E-state index contributed by atoms with van der Waals surface area (Å²) in [6.45, 7) is 0.491. The molecule has 1 saturated carbocycles. The first kappa shape index (κ1) is 18.5. The molecule has 138 valence electrons. The predicted molar refractivity (Wildman–Crippen MR) is 95.6 cm³/mol. The maximum atomic E-state index is 14.3. The second-order valence-electron chi connectivity index (χ2n) is 6.84. The summed E-state index contributed by atoms with van der Waals surface area (Å²) in [5, 5.41) is 2.81. The number of hydrogen-bond donors (Lipinski definition) is 1. The standard InChI is InChI=1S/C21H23F2NO2/c22-17-9-6-10-18(23)20(17)21(11-4-5-12-21)15-24-19(25)14-26-13-16-7-2-1-3-8-16/h1-3,6-10H,4-5,11-15H2,(H,24,25). The molecule has 3 rings (SSSR count). The Kier molecular flexibility index (Phi) is 5.99. The molecule has 0 aromatic heterocycles. The van der Waals surface area contributed by atoms with Crippen LogP contribution in [0.1, 0.15) is 36.8 Å². The van der Waals surface area contributed by atoms with Crippen molar-refractivity contribution in [1.29, 1.82) is 0 Å². The smallest absolute Gasteiger partial charge is 0.246 e. The molecule has 1 aliphatic carbocycles. The molecule has 2 aromatic carbocycles. The van der Waals surface area contributed by atoms with Gasteiger partial charge in [0.15, 0.2) is 0 Å². The van der Waals surface area contributed by atoms with E-state index >= 15 is 0 Å². The van der Waals surface area contributed by atoms with Crippen LogP contribution in [0.25, 0.3) is 0 Å². The topological polar surface area (TPSA) is 38.3 Å². The summed E-state index contributed by atoms with van der Waals surface area (Å²) >= 11 is 0. The molecule has 26 heavy (non-hydrogen) atoms. The summed E-state index contributed by atoms with van der Waals surface area (Å²) in [6.07, 6.45) is 3.12. The predicted octanol–water partition coefficient (Wildman–Crippen LogP) is 4.11. The van der Waals surface area contributed by atoms with Gasteiger partial charge in [0.05, 0.1) is 6.61 Å². The molecule has 2 aromatic rings. The molecule has 1 N–H and O–H groups in total. The van der Waals surface area contributed by atoms with E-state index in [1.807, 2.05) is 30.3 Å². The molecule has 0 aliphatic heterocycles. The van der Waals surface area contributed by atoms with Crippen LogP contribution in [0.15, 0.2) is 48.5 Å². The van der Waals surface area contributed by atoms with Gasteiger partial charge in [-0.25, -0.2) is 8.78 Å². The number of carbonyl (C=O) groups excluding carboxylic acids is 1. The van der Waals surface area contributed by atoms with Gasteiger partial charge >= 0.3 is 0 Å². The second-order valence-corrected chi connectivity index (χ2v) is 6.84. The van der Waals surface area contributed by atoms with Crippen molar-refractivity contribution in [3.05, 3.63) is 71.3 Å². The number of rotatable bonds is 7. The minimum Gasteiger partial charge on any atom is -0.367 e. The number of ether oxygens (including phenoxy) is 1. The lowest BCUT2D eigenvalue weighted by molar-refractivity contribution is -0.126. The summed E-state index contributed by atoms with van der Waals surface area (Å²) in [6, 6.07) is 13.5. The molecular formula is C21H23F2NO2. The average molecular weight is 359 g/mol. The first-order valence-electron chi connectivity index (χ1n) is 8.94. The molecule has 3 nitrogen and oxygen atoms in total. The molecule has 0 atom stereocenters. The van der Waals surface area contributed by atoms with Crippen molar-refractivity contribution in [1.82, 2.24) is 5.32 Å². The van der Waals surface area contributed by atoms with Crippen molar-refractivity contribution in [2.75, 3.05) is 13.2 Å². The van der Waals surface area contributed by atoms with Crippen LogP contribution in [0.5, 0.6) is 0 Å². The van der Waals surface area contributed by atoms with E-state index in [0.29, 0.717) is 19.4 Å². The Morgan fingerprint density at radius 3 is 2.31 bits per heavy atom. The molecule has 0 bridgehead atoms. The van der Waals surface area contributed by atoms with Crippen LogP contribution < -0.4 is 5.32 Å². The van der Waals surface area contributed by atoms with Gasteiger partial charge in [0.2, 0.25) is 5.91 Å². The fourth-order valence-electron chi connectivity index (χ4n) is 3.73. The molecule has 1 amide bonds. The Morgan fingerprint density at radius 2 is 1.65 bits per heavy atom. The van der Waals surface area contributed by atoms with Gasteiger partial charge in [0.1, 0.15) is 18.2 Å². The molecule has 1 fully saturated rings. The van der Waals surface area contributed by atoms with Gasteiger partial charge in [0.25, 0.3) is 0 Å². The minimum absolute atomic E-state index is 0.0786. The van der Waals surface area contributed by atoms with Gasteiger partial charge in [0, 0.05) is 17.5 Å². The number of hydrogen-bond acceptors (Lipinski definition) is 2. The average Bonchev–Trinajstić information content (AvgIpc) is 3.10. The van der Waals surface area contributed by atoms with Gasteiger partial charge in [-0.05, 0) is 30.5 Å². The van der Waals surface area contributed by atoms with E-state index < -0.39 is 17.0 Å². The van der Waals surface area contributed by atoms with Crippen LogP contribution in [-0.2, 0) is 21.6 Å². The van der Waals surface area contributed by atoms with E-state index in [1.54, 1.807) is 0 Å². The fourth-order valence-corrected chi connectivity index (χ4v) is 3.73. The third-order valence-corrected chi connectivity index (χ3v) is 5.02. The van der Waals surface area contributed by atoms with Crippen molar-refractivity contribution < 1.29 is 18.3 Å². The molecule has 0 unspecified atom stereocenters. The molecule has 1 aliphatic rings. The van der Waals surface area contributed by atoms with E-state index in [1.165, 1.54) is 18.2 Å². The number of halogens is 2. The Labute approximate surface area is 152 Å². The fraction of sp³-hybridized carbons (Fsp3) is 0.381. The van der Waals surface area contributed by atoms with Crippen molar-refractivity contribution in [2.24, 2.45) is 0 Å². The lowest BCUT2D eigenvalue weighted by Crippen LogP contribution is -2.41. The normalized spacial score (nSPS) is 15.8. The Bertz CT molecular complexity index is 723. The highest BCUT2D eigenvalue weighted by Crippen LogP contribution is 2.42. The third kappa shape index (κ3) is 4.28. The van der Waals surface area contributed by atoms with E-state index in [4.69, 9.17) is 4.74 Å². The summed E-state index contributed by atoms with van der Waals surface area (Å²) in [5.74, 6) is -1.35. The van der Waals surface area contributed by atoms with Crippen molar-refractivity contribution in [3.63, 3.8) is 0 Å². The number of benzene rings is 2. The van der Waals surface area contributed by atoms with Crippen LogP contribution in [0.4, 0.5) is 8.78 Å². The van der Waals surface area contributed by atoms with Gasteiger partial charge in [-0.3, -0.25) is 4.79 Å². The van der Waals surface area contributed by atoms with Crippen LogP contribution in [0, 0.1) is 11.6 Å². The zero-order chi connectivity index (χ0) is 18.4. The van der Waals surface area contributed by atoms with Gasteiger partial charge < -0.3 is 10.1 Å². The van der Waals surface area contributed by atoms with Crippen molar-refractivity contribution in [3.8, 4) is 0 Å². The molecule has 5 heteroatoms. The zero-order valence-electron chi connectivity index (χ0n) is 14.6. The second kappa shape index (κ2) is 8.41. The first-order chi connectivity index (χ1) is 12.6. The largest absolute Gasteiger partial charge is 0.367 e. The van der Waals surface area contributed by atoms with Crippen molar-refractivity contribution >= 4 is 5.91 Å². The summed E-state index contributed by atoms with van der Waals surface area (Å²) in [7, 11) is 0. The van der Waals surface area contributed by atoms with Gasteiger partial charge in [-0.15, -0.1) is 0 Å². The van der Waals surface area contributed by atoms with Crippen LogP contribution in [0.2, 0.25) is 0 Å². The lowest BCUT2D eigenvalue weighted by Gasteiger charge is -2.30. The summed E-state index contributed by atoms with van der Waals surface area (Å²) in [4.78, 5) is 12.1. The Morgan fingerprint density at radius 1 is 1.00 bits per heavy atom. The quantitative estimate of drug-likeness (QED) is 0.808. The van der Waals surface area contributed by atoms with E-state index in [9.17, 15) is 13.6 Å². The first-order valence-corrected chi connectivity index (χ1v) is 8.94. The Balaban J connectivity index is 1.58. The number of amides is 1. The van der Waals surface area contributed by atoms with Crippen molar-refractivity contribution in [2.45, 2.75) is 37.7 Å². The highest BCUT2D eigenvalue weighted by atomic mass is 19.1. The lowest BCUT2D eigenvalue weighted by atomic mass is 9.78. The summed E-state index contributed by atoms with van der Waals surface area (Å²) < 4.78 is 34.0. The van der Waals surface area contributed by atoms with Crippen LogP contribution >= 0.6 is 0 Å². The maximum Gasteiger partial charge on any atom is 0.246 e. The third-order valence-electron chi connectivity index (χ3n) is 5.02. The number of carbonyl (C=O) groups is 1. The van der Waals surface area contributed by atoms with Crippen LogP contribution in [0.3, 0.4) is 0 Å². The number of nitrogens with one attached hydrogen (secondary N) is 1. The molecule has 0 heterocycles. The van der Waals surface area contributed by atoms with Crippen LogP contribution in [-0.4, -0.2) is 19.1 Å². The van der Waals surface area contributed by atoms with Gasteiger partial charge in [-0.2, -0.15) is 0 Å². The molecule has 0 saturated heterocycles. The van der Waals surface area contributed by atoms with E-state index in [2.05, 4.69) is 5.32 Å². The maximum absolute atomic E-state index is 14.3. The molecular weight excluding hydrogens is 336 g/mol. The monoisotopic (exact) mass is 359 g/mol. The highest BCUT2D eigenvalue weighted by molar-refractivity contribution is 5.77. The Hall–Kier alpha value is -2.27. The van der Waals surface area contributed by atoms with Gasteiger partial charge in [-0.1, -0.05) is 49.2 Å². The summed E-state index contributed by atoms with van der Waals surface area (Å²) in [5.41, 5.74) is 0.411. The zero-order valence-corrected chi connectivity index (χ0v) is 14.6. The SMILES string of the molecule is O=C(COCc1ccccc1)NCC1(c2c(F)cccc2F)CCCC1. The van der Waals surface area contributed by atoms with E-state index in [-0.39, 0.29) is 24.6 Å². The molecule has 0 spiro atoms. The highest BCUT2D eigenvalue weighted by Gasteiger charge is 2.40. The van der Waals surface area contributed by atoms with E-state index in [0.717, 1.165) is 18.4 Å². The molecule has 0 radical (unpaired) electrons. The minimum atomic E-state index is -0.676.